The van der Waals surface area contributed by atoms with E-state index in [4.69, 9.17) is 5.73 Å². The molecule has 2 atom stereocenters. The zero-order valence-electron chi connectivity index (χ0n) is 11.6. The number of anilines is 1. The molecule has 18 heavy (non-hydrogen) atoms. The van der Waals surface area contributed by atoms with Crippen LogP contribution in [0.4, 0.5) is 5.69 Å². The van der Waals surface area contributed by atoms with Gasteiger partial charge in [-0.1, -0.05) is 19.8 Å². The Hall–Kier alpha value is -1.09. The number of nitrogens with two attached hydrogens (primary N) is 1. The minimum atomic E-state index is 0.0187. The summed E-state index contributed by atoms with van der Waals surface area (Å²) in [5.74, 6) is 0. The average molecular weight is 247 g/mol. The van der Waals surface area contributed by atoms with Gasteiger partial charge in [0, 0.05) is 18.6 Å². The van der Waals surface area contributed by atoms with Gasteiger partial charge >= 0.3 is 0 Å². The SMILES string of the molecule is CCC1CCCCCN1c1ccc([C@H](C)N)nc1. The lowest BCUT2D eigenvalue weighted by Gasteiger charge is -2.31. The van der Waals surface area contributed by atoms with Crippen molar-refractivity contribution >= 4 is 5.69 Å². The second kappa shape index (κ2) is 6.19. The molecule has 0 spiro atoms. The number of hydrogen-bond acceptors (Lipinski definition) is 3. The van der Waals surface area contributed by atoms with Gasteiger partial charge in [-0.25, -0.2) is 0 Å². The van der Waals surface area contributed by atoms with Crippen LogP contribution >= 0.6 is 0 Å². The van der Waals surface area contributed by atoms with Crippen molar-refractivity contribution in [2.45, 2.75) is 58.0 Å². The quantitative estimate of drug-likeness (QED) is 0.891. The largest absolute Gasteiger partial charge is 0.367 e. The lowest BCUT2D eigenvalue weighted by Crippen LogP contribution is -2.34. The van der Waals surface area contributed by atoms with E-state index in [0.717, 1.165) is 12.2 Å². The fourth-order valence-corrected chi connectivity index (χ4v) is 2.78. The second-order valence-electron chi connectivity index (χ2n) is 5.33. The summed E-state index contributed by atoms with van der Waals surface area (Å²) in [7, 11) is 0. The van der Waals surface area contributed by atoms with Crippen LogP contribution in [0.2, 0.25) is 0 Å². The van der Waals surface area contributed by atoms with Crippen LogP contribution in [0.5, 0.6) is 0 Å². The van der Waals surface area contributed by atoms with Crippen molar-refractivity contribution in [3.63, 3.8) is 0 Å². The molecule has 2 rings (SSSR count). The molecular formula is C15H25N3. The molecular weight excluding hydrogens is 222 g/mol. The fourth-order valence-electron chi connectivity index (χ4n) is 2.78. The van der Waals surface area contributed by atoms with Crippen molar-refractivity contribution < 1.29 is 0 Å². The van der Waals surface area contributed by atoms with E-state index in [1.807, 2.05) is 13.1 Å². The molecule has 2 N–H and O–H groups in total. The third-order valence-corrected chi connectivity index (χ3v) is 3.92. The standard InChI is InChI=1S/C15H25N3/c1-3-13-7-5-4-6-10-18(13)14-8-9-15(12(2)16)17-11-14/h8-9,11-13H,3-7,10,16H2,1-2H3/t12-,13?/m0/s1. The van der Waals surface area contributed by atoms with Gasteiger partial charge in [0.05, 0.1) is 17.6 Å². The molecule has 1 saturated heterocycles. The van der Waals surface area contributed by atoms with Crippen LogP contribution in [0, 0.1) is 0 Å². The van der Waals surface area contributed by atoms with Gasteiger partial charge in [-0.3, -0.25) is 4.98 Å². The Balaban J connectivity index is 2.16. The number of hydrogen-bond donors (Lipinski definition) is 1. The van der Waals surface area contributed by atoms with E-state index in [-0.39, 0.29) is 6.04 Å². The van der Waals surface area contributed by atoms with Crippen LogP contribution in [-0.2, 0) is 0 Å². The summed E-state index contributed by atoms with van der Waals surface area (Å²) in [5.41, 5.74) is 8.08. The highest BCUT2D eigenvalue weighted by molar-refractivity contribution is 5.46. The van der Waals surface area contributed by atoms with Gasteiger partial charge in [-0.15, -0.1) is 0 Å². The van der Waals surface area contributed by atoms with Gasteiger partial charge in [-0.2, -0.15) is 0 Å². The molecule has 0 amide bonds. The first-order chi connectivity index (χ1) is 8.72. The molecule has 3 heteroatoms. The van der Waals surface area contributed by atoms with Gasteiger partial charge in [0.25, 0.3) is 0 Å². The molecule has 0 aromatic carbocycles. The van der Waals surface area contributed by atoms with E-state index in [1.54, 1.807) is 0 Å². The summed E-state index contributed by atoms with van der Waals surface area (Å²) >= 11 is 0. The van der Waals surface area contributed by atoms with Crippen LogP contribution in [0.15, 0.2) is 18.3 Å². The molecule has 1 unspecified atom stereocenters. The third kappa shape index (κ3) is 3.02. The second-order valence-corrected chi connectivity index (χ2v) is 5.33. The Morgan fingerprint density at radius 2 is 2.22 bits per heavy atom. The lowest BCUT2D eigenvalue weighted by molar-refractivity contribution is 0.555. The first kappa shape index (κ1) is 13.3. The molecule has 3 nitrogen and oxygen atoms in total. The van der Waals surface area contributed by atoms with E-state index in [0.29, 0.717) is 6.04 Å². The van der Waals surface area contributed by atoms with Crippen molar-refractivity contribution in [3.8, 4) is 0 Å². The van der Waals surface area contributed by atoms with Crippen molar-refractivity contribution in [2.75, 3.05) is 11.4 Å². The molecule has 1 aliphatic rings. The summed E-state index contributed by atoms with van der Waals surface area (Å²) < 4.78 is 0. The molecule has 0 aliphatic carbocycles. The first-order valence-electron chi connectivity index (χ1n) is 7.20. The number of nitrogens with zero attached hydrogens (tertiary/aromatic N) is 2. The Labute approximate surface area is 110 Å². The highest BCUT2D eigenvalue weighted by atomic mass is 15.2. The Kier molecular flexibility index (Phi) is 4.59. The van der Waals surface area contributed by atoms with E-state index in [1.165, 1.54) is 37.8 Å². The van der Waals surface area contributed by atoms with Crippen molar-refractivity contribution in [3.05, 3.63) is 24.0 Å². The van der Waals surface area contributed by atoms with Crippen LogP contribution in [0.3, 0.4) is 0 Å². The maximum absolute atomic E-state index is 5.84. The van der Waals surface area contributed by atoms with E-state index >= 15 is 0 Å². The highest BCUT2D eigenvalue weighted by Gasteiger charge is 2.19. The Morgan fingerprint density at radius 3 is 2.83 bits per heavy atom. The molecule has 0 radical (unpaired) electrons. The Morgan fingerprint density at radius 1 is 1.39 bits per heavy atom. The van der Waals surface area contributed by atoms with Crippen molar-refractivity contribution in [2.24, 2.45) is 5.73 Å². The molecule has 1 aromatic rings. The smallest absolute Gasteiger partial charge is 0.0569 e. The van der Waals surface area contributed by atoms with Crippen LogP contribution in [0.25, 0.3) is 0 Å². The first-order valence-corrected chi connectivity index (χ1v) is 7.20. The number of rotatable bonds is 3. The predicted molar refractivity (Wildman–Crippen MR) is 76.7 cm³/mol. The van der Waals surface area contributed by atoms with Gasteiger partial charge in [0.15, 0.2) is 0 Å². The molecule has 100 valence electrons. The molecule has 0 saturated carbocycles. The Bertz CT molecular complexity index is 359. The highest BCUT2D eigenvalue weighted by Crippen LogP contribution is 2.25. The van der Waals surface area contributed by atoms with Gasteiger partial charge in [0.2, 0.25) is 0 Å². The van der Waals surface area contributed by atoms with Gasteiger partial charge in [-0.05, 0) is 38.3 Å². The van der Waals surface area contributed by atoms with Crippen LogP contribution < -0.4 is 10.6 Å². The zero-order valence-corrected chi connectivity index (χ0v) is 11.6. The van der Waals surface area contributed by atoms with Crippen LogP contribution in [0.1, 0.15) is 57.7 Å². The normalized spacial score (nSPS) is 22.6. The monoisotopic (exact) mass is 247 g/mol. The van der Waals surface area contributed by atoms with E-state index in [2.05, 4.69) is 28.9 Å². The van der Waals surface area contributed by atoms with Gasteiger partial charge < -0.3 is 10.6 Å². The van der Waals surface area contributed by atoms with Crippen molar-refractivity contribution in [1.82, 2.24) is 4.98 Å². The lowest BCUT2D eigenvalue weighted by atomic mass is 10.1. The molecule has 1 aliphatic heterocycles. The average Bonchev–Trinajstić information content (AvgIpc) is 2.63. The van der Waals surface area contributed by atoms with Crippen molar-refractivity contribution in [1.29, 1.82) is 0 Å². The fraction of sp³-hybridized carbons (Fsp3) is 0.667. The summed E-state index contributed by atoms with van der Waals surface area (Å²) in [6, 6.07) is 4.94. The minimum Gasteiger partial charge on any atom is -0.367 e. The zero-order chi connectivity index (χ0) is 13.0. The topological polar surface area (TPSA) is 42.1 Å². The summed E-state index contributed by atoms with van der Waals surface area (Å²) in [6.45, 7) is 5.42. The van der Waals surface area contributed by atoms with E-state index < -0.39 is 0 Å². The molecule has 2 heterocycles. The van der Waals surface area contributed by atoms with Crippen LogP contribution in [-0.4, -0.2) is 17.6 Å². The molecule has 1 fully saturated rings. The molecule has 0 bridgehead atoms. The van der Waals surface area contributed by atoms with E-state index in [9.17, 15) is 0 Å². The molecule has 1 aromatic heterocycles. The van der Waals surface area contributed by atoms with Gasteiger partial charge in [0.1, 0.15) is 0 Å². The predicted octanol–water partition coefficient (Wildman–Crippen LogP) is 3.26. The summed E-state index contributed by atoms with van der Waals surface area (Å²) in [6.07, 6.45) is 8.54. The summed E-state index contributed by atoms with van der Waals surface area (Å²) in [4.78, 5) is 7.02. The minimum absolute atomic E-state index is 0.0187. The summed E-state index contributed by atoms with van der Waals surface area (Å²) in [5, 5.41) is 0. The third-order valence-electron chi connectivity index (χ3n) is 3.92. The maximum atomic E-state index is 5.84. The number of pyridine rings is 1. The number of aromatic nitrogens is 1. The maximum Gasteiger partial charge on any atom is 0.0569 e.